The van der Waals surface area contributed by atoms with Gasteiger partial charge in [0.05, 0.1) is 25.0 Å². The summed E-state index contributed by atoms with van der Waals surface area (Å²) < 4.78 is 11.2. The second-order valence-corrected chi connectivity index (χ2v) is 15.5. The quantitative estimate of drug-likeness (QED) is 0.0489. The summed E-state index contributed by atoms with van der Waals surface area (Å²) in [5, 5.41) is 0. The van der Waals surface area contributed by atoms with Gasteiger partial charge in [-0.25, -0.2) is 0 Å². The Hall–Kier alpha value is -1.06. The minimum Gasteiger partial charge on any atom is -0.465 e. The summed E-state index contributed by atoms with van der Waals surface area (Å²) in [4.78, 5) is 25.1. The van der Waals surface area contributed by atoms with Crippen LogP contribution in [-0.2, 0) is 19.1 Å². The van der Waals surface area contributed by atoms with Crippen molar-refractivity contribution in [3.8, 4) is 0 Å². The van der Waals surface area contributed by atoms with Crippen LogP contribution in [0.2, 0.25) is 0 Å². The fourth-order valence-corrected chi connectivity index (χ4v) is 7.45. The number of carbonyl (C=O) groups is 2. The molecule has 1 rings (SSSR count). The Bertz CT molecular complexity index is 625. The number of ether oxygens (including phenoxy) is 2. The normalized spacial score (nSPS) is 16.3. The topological polar surface area (TPSA) is 52.6 Å². The van der Waals surface area contributed by atoms with Crippen LogP contribution in [0.5, 0.6) is 0 Å². The highest BCUT2D eigenvalue weighted by Gasteiger charge is 2.31. The zero-order valence-corrected chi connectivity index (χ0v) is 32.7. The van der Waals surface area contributed by atoms with E-state index in [1.165, 1.54) is 180 Å². The van der Waals surface area contributed by atoms with Gasteiger partial charge in [-0.3, -0.25) is 9.59 Å². The number of unbranched alkanes of at least 4 members (excludes halogenated alkanes) is 30. The van der Waals surface area contributed by atoms with E-state index in [2.05, 4.69) is 13.8 Å². The van der Waals surface area contributed by atoms with Crippen LogP contribution in [-0.4, -0.2) is 25.2 Å². The van der Waals surface area contributed by atoms with Gasteiger partial charge >= 0.3 is 11.9 Å². The maximum absolute atomic E-state index is 12.5. The Labute approximate surface area is 300 Å². The van der Waals surface area contributed by atoms with Crippen LogP contribution in [0, 0.1) is 11.8 Å². The summed E-state index contributed by atoms with van der Waals surface area (Å²) in [6, 6.07) is 0. The highest BCUT2D eigenvalue weighted by atomic mass is 16.5. The Morgan fingerprint density at radius 1 is 0.333 bits per heavy atom. The third kappa shape index (κ3) is 28.7. The van der Waals surface area contributed by atoms with Gasteiger partial charge in [-0.05, 0) is 38.5 Å². The van der Waals surface area contributed by atoms with Gasteiger partial charge in [-0.2, -0.15) is 0 Å². The van der Waals surface area contributed by atoms with Crippen molar-refractivity contribution in [3.63, 3.8) is 0 Å². The van der Waals surface area contributed by atoms with Crippen molar-refractivity contribution in [2.45, 2.75) is 245 Å². The Balaban J connectivity index is 1.83. The zero-order valence-electron chi connectivity index (χ0n) is 32.7. The van der Waals surface area contributed by atoms with E-state index in [1.54, 1.807) is 0 Å². The summed E-state index contributed by atoms with van der Waals surface area (Å²) in [7, 11) is 0. The number of hydrogen-bond acceptors (Lipinski definition) is 4. The van der Waals surface area contributed by atoms with Crippen molar-refractivity contribution in [1.29, 1.82) is 0 Å². The predicted molar refractivity (Wildman–Crippen MR) is 206 cm³/mol. The maximum Gasteiger partial charge on any atom is 0.308 e. The monoisotopic (exact) mass is 677 g/mol. The summed E-state index contributed by atoms with van der Waals surface area (Å²) in [5.74, 6) is -0.155. The van der Waals surface area contributed by atoms with Gasteiger partial charge in [0.2, 0.25) is 0 Å². The third-order valence-corrected chi connectivity index (χ3v) is 10.9. The molecular formula is C44H84O4. The van der Waals surface area contributed by atoms with E-state index in [0.717, 1.165) is 51.4 Å². The average molecular weight is 677 g/mol. The van der Waals surface area contributed by atoms with Crippen molar-refractivity contribution in [2.75, 3.05) is 13.2 Å². The standard InChI is InChI=1S/C44H84O4/c1-3-5-7-9-11-13-15-17-19-21-23-25-27-29-31-33-39-47-43(45)41-35-37-42(38-36-41)44(46)48-40-34-32-30-28-26-24-22-20-18-16-14-12-10-8-6-4-2/h41-42H,3-40H2,1-2H3. The SMILES string of the molecule is CCCCCCCCCCCCCCCCCCOC(=O)C1CCC(C(=O)OCCCCCCCCCCCCCCCCCC)CC1. The van der Waals surface area contributed by atoms with Crippen molar-refractivity contribution < 1.29 is 19.1 Å². The van der Waals surface area contributed by atoms with Crippen molar-refractivity contribution >= 4 is 11.9 Å². The summed E-state index contributed by atoms with van der Waals surface area (Å²) in [6.07, 6.45) is 46.2. The zero-order chi connectivity index (χ0) is 34.6. The first kappa shape index (κ1) is 45.0. The number of carbonyl (C=O) groups excluding carboxylic acids is 2. The number of esters is 2. The highest BCUT2D eigenvalue weighted by molar-refractivity contribution is 5.75. The molecule has 0 atom stereocenters. The molecule has 0 aromatic carbocycles. The van der Waals surface area contributed by atoms with Crippen LogP contribution >= 0.6 is 0 Å². The van der Waals surface area contributed by atoms with Gasteiger partial charge < -0.3 is 9.47 Å². The molecule has 4 nitrogen and oxygen atoms in total. The molecule has 0 aromatic rings. The molecule has 284 valence electrons. The summed E-state index contributed by atoms with van der Waals surface area (Å²) in [5.41, 5.74) is 0. The molecular weight excluding hydrogens is 592 g/mol. The average Bonchev–Trinajstić information content (AvgIpc) is 3.10. The molecule has 48 heavy (non-hydrogen) atoms. The largest absolute Gasteiger partial charge is 0.465 e. The van der Waals surface area contributed by atoms with E-state index in [1.807, 2.05) is 0 Å². The van der Waals surface area contributed by atoms with Gasteiger partial charge in [0.15, 0.2) is 0 Å². The number of hydrogen-bond donors (Lipinski definition) is 0. The fraction of sp³-hybridized carbons (Fsp3) is 0.955. The van der Waals surface area contributed by atoms with E-state index in [4.69, 9.17) is 9.47 Å². The lowest BCUT2D eigenvalue weighted by molar-refractivity contribution is -0.155. The fourth-order valence-electron chi connectivity index (χ4n) is 7.45. The molecule has 4 heteroatoms. The second-order valence-electron chi connectivity index (χ2n) is 15.5. The molecule has 0 amide bonds. The molecule has 0 saturated heterocycles. The van der Waals surface area contributed by atoms with E-state index >= 15 is 0 Å². The van der Waals surface area contributed by atoms with Crippen molar-refractivity contribution in [3.05, 3.63) is 0 Å². The van der Waals surface area contributed by atoms with Crippen molar-refractivity contribution in [2.24, 2.45) is 11.8 Å². The van der Waals surface area contributed by atoms with E-state index in [9.17, 15) is 9.59 Å². The molecule has 0 aliphatic heterocycles. The lowest BCUT2D eigenvalue weighted by atomic mass is 9.82. The first-order valence-electron chi connectivity index (χ1n) is 22.0. The van der Waals surface area contributed by atoms with Crippen molar-refractivity contribution in [1.82, 2.24) is 0 Å². The molecule has 0 aromatic heterocycles. The molecule has 0 bridgehead atoms. The summed E-state index contributed by atoms with van der Waals surface area (Å²) >= 11 is 0. The molecule has 1 saturated carbocycles. The van der Waals surface area contributed by atoms with Gasteiger partial charge in [0, 0.05) is 0 Å². The Morgan fingerprint density at radius 2 is 0.521 bits per heavy atom. The third-order valence-electron chi connectivity index (χ3n) is 10.9. The molecule has 1 fully saturated rings. The second kappa shape index (κ2) is 35.8. The van der Waals surface area contributed by atoms with E-state index < -0.39 is 0 Å². The molecule has 0 spiro atoms. The maximum atomic E-state index is 12.5. The molecule has 1 aliphatic carbocycles. The van der Waals surface area contributed by atoms with Crippen LogP contribution in [0.15, 0.2) is 0 Å². The Kier molecular flexibility index (Phi) is 33.5. The minimum absolute atomic E-state index is 0.0320. The van der Waals surface area contributed by atoms with E-state index in [-0.39, 0.29) is 23.8 Å². The first-order chi connectivity index (χ1) is 23.7. The minimum atomic E-state index is -0.0454. The van der Waals surface area contributed by atoms with Crippen LogP contribution < -0.4 is 0 Å². The van der Waals surface area contributed by atoms with E-state index in [0.29, 0.717) is 13.2 Å². The lowest BCUT2D eigenvalue weighted by Gasteiger charge is -2.26. The smallest absolute Gasteiger partial charge is 0.308 e. The van der Waals surface area contributed by atoms with Crippen LogP contribution in [0.4, 0.5) is 0 Å². The molecule has 0 N–H and O–H groups in total. The molecule has 0 unspecified atom stereocenters. The van der Waals surface area contributed by atoms with Crippen LogP contribution in [0.25, 0.3) is 0 Å². The van der Waals surface area contributed by atoms with Crippen LogP contribution in [0.3, 0.4) is 0 Å². The van der Waals surface area contributed by atoms with Gasteiger partial charge in [0.1, 0.15) is 0 Å². The van der Waals surface area contributed by atoms with Gasteiger partial charge in [-0.15, -0.1) is 0 Å². The predicted octanol–water partition coefficient (Wildman–Crippen LogP) is 14.4. The molecule has 0 radical (unpaired) electrons. The molecule has 0 heterocycles. The molecule has 1 aliphatic rings. The first-order valence-corrected chi connectivity index (χ1v) is 22.0. The summed E-state index contributed by atoms with van der Waals surface area (Å²) in [6.45, 7) is 5.68. The van der Waals surface area contributed by atoms with Crippen LogP contribution in [0.1, 0.15) is 245 Å². The lowest BCUT2D eigenvalue weighted by Crippen LogP contribution is -2.28. The Morgan fingerprint density at radius 3 is 0.729 bits per heavy atom. The van der Waals surface area contributed by atoms with Gasteiger partial charge in [0.25, 0.3) is 0 Å². The van der Waals surface area contributed by atoms with Gasteiger partial charge in [-0.1, -0.05) is 206 Å². The number of rotatable bonds is 36. The highest BCUT2D eigenvalue weighted by Crippen LogP contribution is 2.30.